The molecule has 0 saturated heterocycles. The van der Waals surface area contributed by atoms with Crippen LogP contribution in [0.15, 0.2) is 36.9 Å². The average molecular weight is 204 g/mol. The maximum Gasteiger partial charge on any atom is 0.00154 e. The molecule has 0 nitrogen and oxygen atoms in total. The Morgan fingerprint density at radius 2 is 1.79 bits per heavy atom. The normalized spacial score (nSPS) is 11.9. The van der Waals surface area contributed by atoms with E-state index in [4.69, 9.17) is 0 Å². The SMILES string of the molecule is C=C(P=CC(C)(C)C)c1ccccc1. The molecule has 0 saturated carbocycles. The number of hydrogen-bond donors (Lipinski definition) is 0. The van der Waals surface area contributed by atoms with Gasteiger partial charge in [-0.05, 0) is 11.0 Å². The summed E-state index contributed by atoms with van der Waals surface area (Å²) in [7, 11) is 1.22. The summed E-state index contributed by atoms with van der Waals surface area (Å²) in [6.45, 7) is 10.7. The van der Waals surface area contributed by atoms with E-state index in [9.17, 15) is 0 Å². The molecule has 0 aliphatic carbocycles. The molecule has 1 aromatic carbocycles. The van der Waals surface area contributed by atoms with Gasteiger partial charge in [0.1, 0.15) is 0 Å². The smallest absolute Gasteiger partial charge is 0.00154 e. The maximum atomic E-state index is 4.08. The predicted octanol–water partition coefficient (Wildman–Crippen LogP) is 4.45. The van der Waals surface area contributed by atoms with E-state index in [0.717, 1.165) is 0 Å². The third-order valence-electron chi connectivity index (χ3n) is 1.71. The summed E-state index contributed by atoms with van der Waals surface area (Å²) in [6, 6.07) is 10.3. The highest BCUT2D eigenvalue weighted by Crippen LogP contribution is 2.26. The fourth-order valence-corrected chi connectivity index (χ4v) is 1.82. The highest BCUT2D eigenvalue weighted by molar-refractivity contribution is 7.50. The Hall–Kier alpha value is -0.870. The van der Waals surface area contributed by atoms with E-state index in [2.05, 4.69) is 45.3 Å². The molecule has 0 atom stereocenters. The summed E-state index contributed by atoms with van der Waals surface area (Å²) in [5.41, 5.74) is 1.49. The maximum absolute atomic E-state index is 4.08. The molecular formula is C13H17P. The van der Waals surface area contributed by atoms with Crippen LogP contribution in [0.4, 0.5) is 0 Å². The first kappa shape index (κ1) is 11.2. The second-order valence-electron chi connectivity index (χ2n) is 4.44. The minimum absolute atomic E-state index is 0.263. The zero-order valence-electron chi connectivity index (χ0n) is 9.12. The van der Waals surface area contributed by atoms with E-state index in [-0.39, 0.29) is 5.41 Å². The summed E-state index contributed by atoms with van der Waals surface area (Å²) in [4.78, 5) is 0. The van der Waals surface area contributed by atoms with Gasteiger partial charge in [-0.25, -0.2) is 0 Å². The molecule has 0 N–H and O–H groups in total. The standard InChI is InChI=1S/C13H17P/c1-11(14-10-13(2,3)4)12-8-6-5-7-9-12/h5-10H,1H2,2-4H3. The molecule has 0 unspecified atom stereocenters. The third kappa shape index (κ3) is 3.89. The lowest BCUT2D eigenvalue weighted by Gasteiger charge is -2.10. The molecule has 0 fully saturated rings. The largest absolute Gasteiger partial charge is 0.0865 e. The van der Waals surface area contributed by atoms with Crippen LogP contribution in [-0.2, 0) is 0 Å². The predicted molar refractivity (Wildman–Crippen MR) is 67.9 cm³/mol. The summed E-state index contributed by atoms with van der Waals surface area (Å²) >= 11 is 0. The Kier molecular flexibility index (Phi) is 3.66. The molecule has 0 aromatic heterocycles. The Labute approximate surface area is 88.5 Å². The van der Waals surface area contributed by atoms with Gasteiger partial charge in [-0.2, -0.15) is 0 Å². The van der Waals surface area contributed by atoms with Crippen molar-refractivity contribution in [1.29, 1.82) is 0 Å². The van der Waals surface area contributed by atoms with Crippen LogP contribution in [0.5, 0.6) is 0 Å². The Bertz CT molecular complexity index is 328. The van der Waals surface area contributed by atoms with Gasteiger partial charge < -0.3 is 0 Å². The van der Waals surface area contributed by atoms with Gasteiger partial charge in [-0.3, -0.25) is 0 Å². The molecular weight excluding hydrogens is 187 g/mol. The Morgan fingerprint density at radius 1 is 1.21 bits per heavy atom. The lowest BCUT2D eigenvalue weighted by molar-refractivity contribution is 0.615. The van der Waals surface area contributed by atoms with Crippen molar-refractivity contribution in [2.24, 2.45) is 5.41 Å². The molecule has 0 spiro atoms. The second-order valence-corrected chi connectivity index (χ2v) is 5.49. The van der Waals surface area contributed by atoms with Crippen molar-refractivity contribution >= 4 is 19.3 Å². The monoisotopic (exact) mass is 204 g/mol. The Morgan fingerprint density at radius 3 is 2.29 bits per heavy atom. The van der Waals surface area contributed by atoms with E-state index in [1.54, 1.807) is 0 Å². The van der Waals surface area contributed by atoms with Crippen molar-refractivity contribution in [3.8, 4) is 0 Å². The van der Waals surface area contributed by atoms with Crippen molar-refractivity contribution < 1.29 is 0 Å². The Balaban J connectivity index is 2.74. The first-order valence-corrected chi connectivity index (χ1v) is 5.75. The molecule has 0 radical (unpaired) electrons. The van der Waals surface area contributed by atoms with E-state index in [1.807, 2.05) is 18.2 Å². The zero-order valence-corrected chi connectivity index (χ0v) is 10.0. The molecule has 0 bridgehead atoms. The summed E-state index contributed by atoms with van der Waals surface area (Å²) in [6.07, 6.45) is 0. The zero-order chi connectivity index (χ0) is 10.6. The minimum atomic E-state index is 0.263. The third-order valence-corrected chi connectivity index (χ3v) is 3.19. The van der Waals surface area contributed by atoms with Crippen molar-refractivity contribution in [2.75, 3.05) is 0 Å². The van der Waals surface area contributed by atoms with Crippen molar-refractivity contribution in [2.45, 2.75) is 20.8 Å². The van der Waals surface area contributed by atoms with Crippen LogP contribution < -0.4 is 0 Å². The fourth-order valence-electron chi connectivity index (χ4n) is 0.977. The molecule has 74 valence electrons. The van der Waals surface area contributed by atoms with Crippen LogP contribution in [0.3, 0.4) is 0 Å². The fraction of sp³-hybridized carbons (Fsp3) is 0.308. The molecule has 0 aliphatic heterocycles. The number of benzene rings is 1. The van der Waals surface area contributed by atoms with Crippen molar-refractivity contribution in [3.63, 3.8) is 0 Å². The van der Waals surface area contributed by atoms with Crippen LogP contribution >= 0.6 is 8.20 Å². The topological polar surface area (TPSA) is 0 Å². The number of rotatable bonds is 2. The number of hydrogen-bond acceptors (Lipinski definition) is 0. The van der Waals surface area contributed by atoms with E-state index in [0.29, 0.717) is 0 Å². The van der Waals surface area contributed by atoms with Crippen molar-refractivity contribution in [3.05, 3.63) is 42.5 Å². The first-order chi connectivity index (χ1) is 6.49. The first-order valence-electron chi connectivity index (χ1n) is 4.78. The van der Waals surface area contributed by atoms with Crippen molar-refractivity contribution in [1.82, 2.24) is 0 Å². The molecule has 0 amide bonds. The lowest BCUT2D eigenvalue weighted by Crippen LogP contribution is -2.03. The van der Waals surface area contributed by atoms with Gasteiger partial charge in [0.05, 0.1) is 0 Å². The highest BCUT2D eigenvalue weighted by atomic mass is 31.1. The van der Waals surface area contributed by atoms with Gasteiger partial charge in [-0.1, -0.05) is 71.7 Å². The van der Waals surface area contributed by atoms with Gasteiger partial charge in [0.25, 0.3) is 0 Å². The van der Waals surface area contributed by atoms with E-state index in [1.165, 1.54) is 19.1 Å². The molecule has 0 heterocycles. The van der Waals surface area contributed by atoms with Crippen LogP contribution in [-0.4, -0.2) is 5.80 Å². The summed E-state index contributed by atoms with van der Waals surface area (Å²) in [5.74, 6) is 2.28. The van der Waals surface area contributed by atoms with Gasteiger partial charge in [-0.15, -0.1) is 0 Å². The molecule has 1 rings (SSSR count). The minimum Gasteiger partial charge on any atom is -0.0865 e. The van der Waals surface area contributed by atoms with Gasteiger partial charge in [0, 0.05) is 5.31 Å². The van der Waals surface area contributed by atoms with Crippen LogP contribution in [0.1, 0.15) is 26.3 Å². The van der Waals surface area contributed by atoms with E-state index < -0.39 is 0 Å². The lowest BCUT2D eigenvalue weighted by atomic mass is 10.0. The second kappa shape index (κ2) is 4.57. The average Bonchev–Trinajstić information content (AvgIpc) is 2.14. The molecule has 1 aromatic rings. The van der Waals surface area contributed by atoms with Crippen LogP contribution in [0, 0.1) is 5.41 Å². The van der Waals surface area contributed by atoms with E-state index >= 15 is 0 Å². The molecule has 0 aliphatic rings. The van der Waals surface area contributed by atoms with Crippen LogP contribution in [0.2, 0.25) is 0 Å². The highest BCUT2D eigenvalue weighted by Gasteiger charge is 2.04. The molecule has 14 heavy (non-hydrogen) atoms. The van der Waals surface area contributed by atoms with Gasteiger partial charge >= 0.3 is 0 Å². The quantitative estimate of drug-likeness (QED) is 0.624. The van der Waals surface area contributed by atoms with Gasteiger partial charge in [0.2, 0.25) is 0 Å². The van der Waals surface area contributed by atoms with Gasteiger partial charge in [0.15, 0.2) is 0 Å². The molecule has 1 heteroatoms. The van der Waals surface area contributed by atoms with Crippen LogP contribution in [0.25, 0.3) is 5.31 Å². The summed E-state index contributed by atoms with van der Waals surface area (Å²) in [5, 5.41) is 1.17. The summed E-state index contributed by atoms with van der Waals surface area (Å²) < 4.78 is 0.